The molecular formula is C19H30N2O3. The van der Waals surface area contributed by atoms with Crippen LogP contribution in [0.25, 0.3) is 0 Å². The molecule has 0 saturated heterocycles. The molecule has 0 bridgehead atoms. The van der Waals surface area contributed by atoms with Crippen LogP contribution in [0.2, 0.25) is 0 Å². The molecule has 2 N–H and O–H groups in total. The average Bonchev–Trinajstić information content (AvgIpc) is 2.42. The van der Waals surface area contributed by atoms with Gasteiger partial charge in [-0.05, 0) is 38.7 Å². The molecule has 5 heteroatoms. The van der Waals surface area contributed by atoms with Crippen molar-refractivity contribution in [2.45, 2.75) is 66.2 Å². The molecule has 1 rings (SSSR count). The van der Waals surface area contributed by atoms with Gasteiger partial charge in [0.1, 0.15) is 11.6 Å². The van der Waals surface area contributed by atoms with E-state index in [1.807, 2.05) is 58.0 Å². The van der Waals surface area contributed by atoms with Crippen molar-refractivity contribution in [1.29, 1.82) is 0 Å². The van der Waals surface area contributed by atoms with Crippen LogP contribution >= 0.6 is 0 Å². The number of hydrogen-bond acceptors (Lipinski definition) is 3. The van der Waals surface area contributed by atoms with Crippen molar-refractivity contribution in [3.05, 3.63) is 35.9 Å². The van der Waals surface area contributed by atoms with Gasteiger partial charge in [0.15, 0.2) is 0 Å². The summed E-state index contributed by atoms with van der Waals surface area (Å²) < 4.78 is 5.27. The molecule has 24 heavy (non-hydrogen) atoms. The summed E-state index contributed by atoms with van der Waals surface area (Å²) in [6.07, 6.45) is -0.593. The maximum atomic E-state index is 12.7. The number of carbonyl (C=O) groups excluding carboxylic acids is 2. The Morgan fingerprint density at radius 1 is 0.958 bits per heavy atom. The summed E-state index contributed by atoms with van der Waals surface area (Å²) in [6.45, 7) is 13.0. The fourth-order valence-corrected chi connectivity index (χ4v) is 2.22. The Morgan fingerprint density at radius 3 is 1.96 bits per heavy atom. The van der Waals surface area contributed by atoms with Gasteiger partial charge in [0.2, 0.25) is 5.91 Å². The third kappa shape index (κ3) is 6.60. The molecule has 1 aromatic rings. The van der Waals surface area contributed by atoms with Crippen molar-refractivity contribution in [2.24, 2.45) is 5.41 Å². The van der Waals surface area contributed by atoms with E-state index in [1.165, 1.54) is 0 Å². The highest BCUT2D eigenvalue weighted by Gasteiger charge is 2.34. The van der Waals surface area contributed by atoms with Crippen LogP contribution in [-0.4, -0.2) is 23.6 Å². The molecule has 0 aliphatic rings. The van der Waals surface area contributed by atoms with Crippen molar-refractivity contribution in [3.8, 4) is 0 Å². The topological polar surface area (TPSA) is 67.4 Å². The van der Waals surface area contributed by atoms with Crippen LogP contribution in [0.15, 0.2) is 30.3 Å². The third-order valence-electron chi connectivity index (χ3n) is 3.45. The van der Waals surface area contributed by atoms with E-state index in [-0.39, 0.29) is 11.9 Å². The molecule has 0 unspecified atom stereocenters. The van der Waals surface area contributed by atoms with Crippen molar-refractivity contribution in [2.75, 3.05) is 0 Å². The number of carbonyl (C=O) groups is 2. The molecule has 134 valence electrons. The van der Waals surface area contributed by atoms with E-state index in [1.54, 1.807) is 20.8 Å². The highest BCUT2D eigenvalue weighted by molar-refractivity contribution is 5.86. The van der Waals surface area contributed by atoms with Crippen LogP contribution in [0.5, 0.6) is 0 Å². The number of amides is 2. The molecule has 0 radical (unpaired) electrons. The number of rotatable bonds is 4. The number of alkyl carbamates (subject to hydrolysis) is 1. The standard InChI is InChI=1S/C19H30N2O3/c1-13(14-11-9-8-10-12-14)20-16(22)15(18(2,3)4)21-17(23)24-19(5,6)7/h8-13,15H,1-7H3,(H,20,22)(H,21,23)/t13-,15-/m1/s1. The smallest absolute Gasteiger partial charge is 0.408 e. The summed E-state index contributed by atoms with van der Waals surface area (Å²) in [5.74, 6) is -0.232. The molecule has 0 aliphatic heterocycles. The van der Waals surface area contributed by atoms with Crippen molar-refractivity contribution in [1.82, 2.24) is 10.6 Å². The summed E-state index contributed by atoms with van der Waals surface area (Å²) in [5.41, 5.74) is -0.0478. The zero-order chi connectivity index (χ0) is 18.5. The highest BCUT2D eigenvalue weighted by Crippen LogP contribution is 2.21. The minimum absolute atomic E-state index is 0.149. The monoisotopic (exact) mass is 334 g/mol. The van der Waals surface area contributed by atoms with Crippen LogP contribution < -0.4 is 10.6 Å². The van der Waals surface area contributed by atoms with Crippen LogP contribution in [0.3, 0.4) is 0 Å². The summed E-state index contributed by atoms with van der Waals surface area (Å²) in [6, 6.07) is 8.86. The van der Waals surface area contributed by atoms with Gasteiger partial charge in [0.05, 0.1) is 6.04 Å². The van der Waals surface area contributed by atoms with Gasteiger partial charge < -0.3 is 15.4 Å². The Hall–Kier alpha value is -2.04. The predicted octanol–water partition coefficient (Wildman–Crippen LogP) is 3.80. The molecule has 2 amide bonds. The van der Waals surface area contributed by atoms with Crippen LogP contribution in [0.1, 0.15) is 60.1 Å². The fourth-order valence-electron chi connectivity index (χ4n) is 2.22. The Bertz CT molecular complexity index is 556. The summed E-state index contributed by atoms with van der Waals surface area (Å²) in [4.78, 5) is 24.8. The average molecular weight is 334 g/mol. The van der Waals surface area contributed by atoms with Gasteiger partial charge >= 0.3 is 6.09 Å². The van der Waals surface area contributed by atoms with Crippen LogP contribution in [-0.2, 0) is 9.53 Å². The Labute approximate surface area is 145 Å². The Morgan fingerprint density at radius 2 is 1.50 bits per heavy atom. The molecule has 0 aliphatic carbocycles. The highest BCUT2D eigenvalue weighted by atomic mass is 16.6. The van der Waals surface area contributed by atoms with Gasteiger partial charge in [-0.2, -0.15) is 0 Å². The minimum Gasteiger partial charge on any atom is -0.444 e. The molecule has 0 heterocycles. The number of hydrogen-bond donors (Lipinski definition) is 2. The first kappa shape index (κ1) is 20.0. The predicted molar refractivity (Wildman–Crippen MR) is 95.6 cm³/mol. The molecular weight excluding hydrogens is 304 g/mol. The van der Waals surface area contributed by atoms with Crippen LogP contribution in [0, 0.1) is 5.41 Å². The second kappa shape index (κ2) is 7.69. The molecule has 0 aromatic heterocycles. The third-order valence-corrected chi connectivity index (χ3v) is 3.45. The largest absolute Gasteiger partial charge is 0.444 e. The molecule has 2 atom stereocenters. The lowest BCUT2D eigenvalue weighted by Crippen LogP contribution is -2.54. The Balaban J connectivity index is 2.81. The lowest BCUT2D eigenvalue weighted by atomic mass is 9.86. The maximum Gasteiger partial charge on any atom is 0.408 e. The molecule has 0 saturated carbocycles. The summed E-state index contributed by atoms with van der Waals surface area (Å²) in [5, 5.41) is 5.66. The zero-order valence-electron chi connectivity index (χ0n) is 15.8. The minimum atomic E-state index is -0.696. The normalized spacial score (nSPS) is 14.5. The van der Waals surface area contributed by atoms with E-state index in [4.69, 9.17) is 4.74 Å². The molecule has 5 nitrogen and oxygen atoms in total. The van der Waals surface area contributed by atoms with Crippen molar-refractivity contribution >= 4 is 12.0 Å². The van der Waals surface area contributed by atoms with Gasteiger partial charge in [-0.15, -0.1) is 0 Å². The molecule has 0 fully saturated rings. The van der Waals surface area contributed by atoms with E-state index in [9.17, 15) is 9.59 Å². The second-order valence-corrected chi connectivity index (χ2v) is 8.09. The van der Waals surface area contributed by atoms with Gasteiger partial charge in [-0.25, -0.2) is 4.79 Å². The zero-order valence-corrected chi connectivity index (χ0v) is 15.8. The lowest BCUT2D eigenvalue weighted by molar-refractivity contribution is -0.126. The number of nitrogens with one attached hydrogen (secondary N) is 2. The van der Waals surface area contributed by atoms with Gasteiger partial charge in [0.25, 0.3) is 0 Å². The quantitative estimate of drug-likeness (QED) is 0.880. The van der Waals surface area contributed by atoms with E-state index in [2.05, 4.69) is 10.6 Å². The number of ether oxygens (including phenoxy) is 1. The van der Waals surface area contributed by atoms with Gasteiger partial charge in [0, 0.05) is 0 Å². The van der Waals surface area contributed by atoms with Crippen molar-refractivity contribution < 1.29 is 14.3 Å². The van der Waals surface area contributed by atoms with E-state index in [0.29, 0.717) is 0 Å². The van der Waals surface area contributed by atoms with E-state index >= 15 is 0 Å². The van der Waals surface area contributed by atoms with Crippen LogP contribution in [0.4, 0.5) is 4.79 Å². The Kier molecular flexibility index (Phi) is 6.41. The maximum absolute atomic E-state index is 12.7. The lowest BCUT2D eigenvalue weighted by Gasteiger charge is -2.32. The van der Waals surface area contributed by atoms with E-state index < -0.39 is 23.2 Å². The second-order valence-electron chi connectivity index (χ2n) is 8.09. The first-order valence-corrected chi connectivity index (χ1v) is 8.25. The SMILES string of the molecule is C[C@@H](NC(=O)[C@@H](NC(=O)OC(C)(C)C)C(C)(C)C)c1ccccc1. The first-order chi connectivity index (χ1) is 10.9. The number of benzene rings is 1. The molecule has 0 spiro atoms. The van der Waals surface area contributed by atoms with Crippen molar-refractivity contribution in [3.63, 3.8) is 0 Å². The van der Waals surface area contributed by atoms with Gasteiger partial charge in [-0.1, -0.05) is 51.1 Å². The summed E-state index contributed by atoms with van der Waals surface area (Å²) >= 11 is 0. The van der Waals surface area contributed by atoms with Gasteiger partial charge in [-0.3, -0.25) is 4.79 Å². The summed E-state index contributed by atoms with van der Waals surface area (Å²) in [7, 11) is 0. The molecule has 1 aromatic carbocycles. The van der Waals surface area contributed by atoms with E-state index in [0.717, 1.165) is 5.56 Å². The fraction of sp³-hybridized carbons (Fsp3) is 0.579. The first-order valence-electron chi connectivity index (χ1n) is 8.25.